The predicted molar refractivity (Wildman–Crippen MR) is 112 cm³/mol. The van der Waals surface area contributed by atoms with Crippen LogP contribution in [0, 0.1) is 0 Å². The first-order chi connectivity index (χ1) is 13.4. The summed E-state index contributed by atoms with van der Waals surface area (Å²) in [6.07, 6.45) is 1.69. The monoisotopic (exact) mass is 422 g/mol. The predicted octanol–water partition coefficient (Wildman–Crippen LogP) is 1.35. The van der Waals surface area contributed by atoms with Gasteiger partial charge in [0.15, 0.2) is 11.4 Å². The van der Waals surface area contributed by atoms with Crippen LogP contribution in [-0.4, -0.2) is 64.0 Å². The number of aryl methyl sites for hydroxylation is 2. The highest BCUT2D eigenvalue weighted by Gasteiger charge is 2.52. The van der Waals surface area contributed by atoms with Gasteiger partial charge in [0.2, 0.25) is 0 Å². The molecule has 10 nitrogen and oxygen atoms in total. The number of nitrogens with zero attached hydrogens (tertiary/aromatic N) is 4. The van der Waals surface area contributed by atoms with E-state index in [0.29, 0.717) is 11.3 Å². The lowest BCUT2D eigenvalue weighted by atomic mass is 9.84. The molecule has 0 atom stereocenters. The Balaban J connectivity index is 0.000000348. The maximum atomic E-state index is 11.5. The van der Waals surface area contributed by atoms with Crippen molar-refractivity contribution >= 4 is 24.7 Å². The van der Waals surface area contributed by atoms with Crippen LogP contribution in [0.25, 0.3) is 0 Å². The Hall–Kier alpha value is -2.66. The number of aromatic nitrogens is 4. The number of carbonyl (C=O) groups is 2. The Morgan fingerprint density at radius 1 is 0.967 bits per heavy atom. The lowest BCUT2D eigenvalue weighted by Gasteiger charge is -2.32. The second kappa shape index (κ2) is 9.44. The normalized spacial score (nSPS) is 16.2. The third-order valence-electron chi connectivity index (χ3n) is 4.91. The molecule has 0 unspecified atom stereocenters. The summed E-state index contributed by atoms with van der Waals surface area (Å²) in [5.74, 6) is -0.876. The van der Waals surface area contributed by atoms with Crippen LogP contribution in [0.4, 0.5) is 0 Å². The van der Waals surface area contributed by atoms with Crippen LogP contribution >= 0.6 is 0 Å². The number of hydrogen-bond donors (Lipinski definition) is 0. The van der Waals surface area contributed by atoms with Crippen molar-refractivity contribution in [3.63, 3.8) is 0 Å². The molecule has 0 saturated carbocycles. The first-order valence-electron chi connectivity index (χ1n) is 8.97. The van der Waals surface area contributed by atoms with Crippen molar-refractivity contribution in [3.8, 4) is 0 Å². The molecule has 0 aromatic carbocycles. The zero-order valence-corrected chi connectivity index (χ0v) is 18.0. The zero-order chi connectivity index (χ0) is 22.0. The Morgan fingerprint density at radius 2 is 1.47 bits per heavy atom. The molecule has 2 aromatic heterocycles. The zero-order valence-electron chi connectivity index (χ0n) is 18.0. The fourth-order valence-electron chi connectivity index (χ4n) is 2.50. The number of carbonyl (C=O) groups excluding carboxylic acids is 2. The van der Waals surface area contributed by atoms with Crippen LogP contribution in [0.15, 0.2) is 18.3 Å². The van der Waals surface area contributed by atoms with Gasteiger partial charge in [0.1, 0.15) is 0 Å². The Labute approximate surface area is 177 Å². The average molecular weight is 422 g/mol. The Kier molecular flexibility index (Phi) is 7.98. The molecule has 0 radical (unpaired) electrons. The van der Waals surface area contributed by atoms with Crippen molar-refractivity contribution in [2.45, 2.75) is 46.3 Å². The molecule has 3 heterocycles. The van der Waals surface area contributed by atoms with Gasteiger partial charge >= 0.3 is 19.1 Å². The van der Waals surface area contributed by atoms with Gasteiger partial charge in [-0.1, -0.05) is 7.43 Å². The van der Waals surface area contributed by atoms with Gasteiger partial charge in [0.25, 0.3) is 0 Å². The van der Waals surface area contributed by atoms with Crippen LogP contribution in [-0.2, 0) is 32.9 Å². The molecular formula is C19H31BN4O6. The summed E-state index contributed by atoms with van der Waals surface area (Å²) in [7, 11) is 5.60. The second-order valence-electron chi connectivity index (χ2n) is 7.52. The summed E-state index contributed by atoms with van der Waals surface area (Å²) in [5, 5.41) is 7.93. The van der Waals surface area contributed by atoms with Gasteiger partial charge in [0, 0.05) is 20.3 Å². The van der Waals surface area contributed by atoms with Crippen molar-refractivity contribution in [1.82, 2.24) is 19.6 Å². The molecule has 30 heavy (non-hydrogen) atoms. The third-order valence-corrected chi connectivity index (χ3v) is 4.91. The lowest BCUT2D eigenvalue weighted by Crippen LogP contribution is -2.41. The van der Waals surface area contributed by atoms with E-state index in [1.54, 1.807) is 41.8 Å². The number of esters is 2. The van der Waals surface area contributed by atoms with E-state index in [4.69, 9.17) is 9.31 Å². The Morgan fingerprint density at radius 3 is 1.90 bits per heavy atom. The molecule has 1 fully saturated rings. The molecule has 3 rings (SSSR count). The minimum Gasteiger partial charge on any atom is -0.464 e. The first-order valence-corrected chi connectivity index (χ1v) is 8.97. The molecule has 2 aromatic rings. The van der Waals surface area contributed by atoms with Gasteiger partial charge < -0.3 is 18.8 Å². The lowest BCUT2D eigenvalue weighted by molar-refractivity contribution is 0.00578. The molecule has 0 amide bonds. The van der Waals surface area contributed by atoms with Crippen molar-refractivity contribution in [1.29, 1.82) is 0 Å². The largest absolute Gasteiger partial charge is 0.514 e. The van der Waals surface area contributed by atoms with Crippen molar-refractivity contribution in [2.24, 2.45) is 14.1 Å². The topological polar surface area (TPSA) is 107 Å². The quantitative estimate of drug-likeness (QED) is 0.539. The minimum atomic E-state index is -0.541. The van der Waals surface area contributed by atoms with E-state index < -0.39 is 30.3 Å². The van der Waals surface area contributed by atoms with E-state index in [0.717, 1.165) is 0 Å². The van der Waals surface area contributed by atoms with Crippen LogP contribution < -0.4 is 5.59 Å². The van der Waals surface area contributed by atoms with Crippen molar-refractivity contribution in [2.75, 3.05) is 14.2 Å². The average Bonchev–Trinajstić information content (AvgIpc) is 3.30. The van der Waals surface area contributed by atoms with Gasteiger partial charge in [-0.25, -0.2) is 9.59 Å². The second-order valence-corrected chi connectivity index (χ2v) is 7.52. The van der Waals surface area contributed by atoms with Gasteiger partial charge in [-0.2, -0.15) is 10.2 Å². The van der Waals surface area contributed by atoms with E-state index in [-0.39, 0.29) is 13.1 Å². The van der Waals surface area contributed by atoms with E-state index in [1.807, 2.05) is 27.7 Å². The number of ether oxygens (including phenoxy) is 2. The van der Waals surface area contributed by atoms with Crippen LogP contribution in [0.2, 0.25) is 0 Å². The van der Waals surface area contributed by atoms with Crippen molar-refractivity contribution in [3.05, 3.63) is 29.7 Å². The molecular weight excluding hydrogens is 391 g/mol. The molecule has 0 spiro atoms. The number of hydrogen-bond acceptors (Lipinski definition) is 8. The molecule has 166 valence electrons. The maximum Gasteiger partial charge on any atom is 0.514 e. The molecule has 1 saturated heterocycles. The summed E-state index contributed by atoms with van der Waals surface area (Å²) < 4.78 is 24.1. The highest BCUT2D eigenvalue weighted by atomic mass is 16.7. The minimum absolute atomic E-state index is 0. The number of methoxy groups -OCH3 is 2. The third kappa shape index (κ3) is 5.28. The molecule has 0 bridgehead atoms. The summed E-state index contributed by atoms with van der Waals surface area (Å²) in [6.45, 7) is 7.91. The maximum absolute atomic E-state index is 11.5. The summed E-state index contributed by atoms with van der Waals surface area (Å²) in [6, 6.07) is 3.24. The van der Waals surface area contributed by atoms with E-state index in [2.05, 4.69) is 19.7 Å². The van der Waals surface area contributed by atoms with Crippen molar-refractivity contribution < 1.29 is 28.4 Å². The molecule has 0 aliphatic carbocycles. The molecule has 1 aliphatic heterocycles. The van der Waals surface area contributed by atoms with Crippen LogP contribution in [0.1, 0.15) is 56.1 Å². The van der Waals surface area contributed by atoms with E-state index in [1.165, 1.54) is 14.2 Å². The van der Waals surface area contributed by atoms with Gasteiger partial charge in [-0.05, 0) is 39.8 Å². The summed E-state index contributed by atoms with van der Waals surface area (Å²) in [4.78, 5) is 22.2. The SMILES string of the molecule is C.COC(=O)c1cc(B2OC(C)(C)C(C)(C)O2)n(C)n1.COC(=O)c1ccn(C)n1. The summed E-state index contributed by atoms with van der Waals surface area (Å²) in [5.41, 5.74) is 0.430. The highest BCUT2D eigenvalue weighted by Crippen LogP contribution is 2.36. The smallest absolute Gasteiger partial charge is 0.464 e. The number of rotatable bonds is 3. The fraction of sp³-hybridized carbons (Fsp3) is 0.579. The van der Waals surface area contributed by atoms with Gasteiger partial charge in [-0.3, -0.25) is 9.36 Å². The fourth-order valence-corrected chi connectivity index (χ4v) is 2.50. The standard InChI is InChI=1S/C12H19BN2O4.C6H8N2O2.CH4/c1-11(2)12(3,4)19-13(18-11)9-7-8(10(16)17-6)14-15(9)5;1-8-4-3-5(7-8)6(9)10-2;/h7H,1-6H3;3-4H,1-2H3;1H4. The van der Waals surface area contributed by atoms with E-state index >= 15 is 0 Å². The molecule has 1 aliphatic rings. The Bertz CT molecular complexity index is 873. The van der Waals surface area contributed by atoms with E-state index in [9.17, 15) is 9.59 Å². The van der Waals surface area contributed by atoms with Gasteiger partial charge in [0.05, 0.1) is 31.0 Å². The first kappa shape index (κ1) is 25.4. The summed E-state index contributed by atoms with van der Waals surface area (Å²) >= 11 is 0. The molecule has 11 heteroatoms. The van der Waals surface area contributed by atoms with Crippen LogP contribution in [0.5, 0.6) is 0 Å². The van der Waals surface area contributed by atoms with Crippen LogP contribution in [0.3, 0.4) is 0 Å². The van der Waals surface area contributed by atoms with Gasteiger partial charge in [-0.15, -0.1) is 0 Å². The highest BCUT2D eigenvalue weighted by molar-refractivity contribution is 6.61. The molecule has 0 N–H and O–H groups in total.